The lowest BCUT2D eigenvalue weighted by atomic mass is 10.0. The highest BCUT2D eigenvalue weighted by atomic mass is 19.2. The zero-order valence-corrected chi connectivity index (χ0v) is 19.2. The summed E-state index contributed by atoms with van der Waals surface area (Å²) < 4.78 is 55.5. The monoisotopic (exact) mass is 499 g/mol. The van der Waals surface area contributed by atoms with E-state index in [1.807, 2.05) is 6.07 Å². The molecule has 0 radical (unpaired) electrons. The van der Waals surface area contributed by atoms with Crippen LogP contribution in [0.25, 0.3) is 0 Å². The number of hydrogen-bond acceptors (Lipinski definition) is 5. The minimum absolute atomic E-state index is 0.430. The van der Waals surface area contributed by atoms with Gasteiger partial charge in [-0.25, -0.2) is 4.99 Å². The maximum absolute atomic E-state index is 14.2. The van der Waals surface area contributed by atoms with E-state index in [1.54, 1.807) is 62.4 Å². The molecule has 0 saturated carbocycles. The lowest BCUT2D eigenvalue weighted by Gasteiger charge is -2.25. The molecule has 36 heavy (non-hydrogen) atoms. The van der Waals surface area contributed by atoms with Gasteiger partial charge in [-0.05, 0) is 12.0 Å². The van der Waals surface area contributed by atoms with Crippen LogP contribution in [0.3, 0.4) is 0 Å². The molecule has 2 atom stereocenters. The summed E-state index contributed by atoms with van der Waals surface area (Å²) in [5.74, 6) is -9.42. The topological polar surface area (TPSA) is 95.5 Å². The first-order valence-corrected chi connectivity index (χ1v) is 11.0. The van der Waals surface area contributed by atoms with Gasteiger partial charge in [-0.2, -0.15) is 22.5 Å². The maximum atomic E-state index is 14.2. The molecule has 2 amide bonds. The molecule has 1 aromatic heterocycles. The summed E-state index contributed by atoms with van der Waals surface area (Å²) in [6.07, 6.45) is -1.41. The number of aromatic nitrogens is 1. The maximum Gasteiger partial charge on any atom is 0.269 e. The van der Waals surface area contributed by atoms with Gasteiger partial charge in [0.05, 0.1) is 11.4 Å². The van der Waals surface area contributed by atoms with E-state index in [2.05, 4.69) is 25.9 Å². The fourth-order valence-electron chi connectivity index (χ4n) is 3.71. The van der Waals surface area contributed by atoms with Crippen molar-refractivity contribution in [3.05, 3.63) is 89.3 Å². The number of nitrogens with one attached hydrogen (secondary N) is 3. The molecule has 0 bridgehead atoms. The Bertz CT molecular complexity index is 1320. The summed E-state index contributed by atoms with van der Waals surface area (Å²) in [7, 11) is 0. The van der Waals surface area contributed by atoms with Crippen molar-refractivity contribution in [3.63, 3.8) is 0 Å². The normalized spacial score (nSPS) is 15.9. The van der Waals surface area contributed by atoms with Crippen LogP contribution in [0.1, 0.15) is 25.0 Å². The highest BCUT2D eigenvalue weighted by Gasteiger charge is 2.32. The minimum atomic E-state index is -1.86. The van der Waals surface area contributed by atoms with Crippen molar-refractivity contribution < 1.29 is 27.2 Å². The summed E-state index contributed by atoms with van der Waals surface area (Å²) in [5.41, 5.74) is 1.04. The third-order valence-corrected chi connectivity index (χ3v) is 5.52. The van der Waals surface area contributed by atoms with Gasteiger partial charge in [0, 0.05) is 11.1 Å². The fraction of sp³-hybridized carbons (Fsp3) is 0.200. The van der Waals surface area contributed by atoms with Gasteiger partial charge in [-0.3, -0.25) is 9.59 Å². The van der Waals surface area contributed by atoms with E-state index in [9.17, 15) is 27.2 Å². The average molecular weight is 499 g/mol. The Labute approximate surface area is 203 Å². The van der Waals surface area contributed by atoms with Gasteiger partial charge in [0.2, 0.25) is 23.7 Å². The lowest BCUT2D eigenvalue weighted by Crippen LogP contribution is -2.50. The summed E-state index contributed by atoms with van der Waals surface area (Å²) in [5, 5.41) is 7.39. The Hall–Kier alpha value is -4.28. The zero-order chi connectivity index (χ0) is 26.0. The molecule has 1 aliphatic rings. The molecule has 186 valence electrons. The third kappa shape index (κ3) is 4.90. The number of anilines is 2. The second kappa shape index (κ2) is 10.1. The van der Waals surface area contributed by atoms with Crippen LogP contribution >= 0.6 is 0 Å². The number of benzodiazepines with no additional fused rings is 1. The SMILES string of the molecule is CC(C)[C@H](Nc1c(F)c(F)nc(F)c1F)C(=O)NC1N=C(c2ccccc2)c2ccccc2NC1=O. The number of para-hydroxylation sites is 1. The number of hydrogen-bond donors (Lipinski definition) is 3. The summed E-state index contributed by atoms with van der Waals surface area (Å²) in [6.45, 7) is 3.09. The first-order valence-electron chi connectivity index (χ1n) is 11.0. The predicted molar refractivity (Wildman–Crippen MR) is 125 cm³/mol. The standard InChI is InChI=1S/C25H21F4N5O2/c1-12(2)18(31-20-16(26)21(28)33-22(29)17(20)27)24(35)34-23-25(36)30-15-11-7-6-10-14(15)19(32-23)13-8-4-3-5-9-13/h3-12,18,23H,1-2H3,(H,30,36)(H,31,33)(H,34,35)/t18-,23?/m0/s1. The fourth-order valence-corrected chi connectivity index (χ4v) is 3.71. The number of aliphatic imine (C=N–C) groups is 1. The number of benzene rings is 2. The van der Waals surface area contributed by atoms with E-state index in [1.165, 1.54) is 0 Å². The quantitative estimate of drug-likeness (QED) is 0.353. The number of halogens is 4. The van der Waals surface area contributed by atoms with E-state index in [-0.39, 0.29) is 0 Å². The number of pyridine rings is 1. The molecular weight excluding hydrogens is 478 g/mol. The molecule has 0 saturated heterocycles. The van der Waals surface area contributed by atoms with Crippen molar-refractivity contribution >= 4 is 28.9 Å². The van der Waals surface area contributed by atoms with Crippen molar-refractivity contribution in [2.45, 2.75) is 26.1 Å². The van der Waals surface area contributed by atoms with E-state index in [0.29, 0.717) is 22.5 Å². The molecule has 4 rings (SSSR count). The number of rotatable bonds is 6. The van der Waals surface area contributed by atoms with Crippen molar-refractivity contribution in [1.29, 1.82) is 0 Å². The molecule has 7 nitrogen and oxygen atoms in total. The highest BCUT2D eigenvalue weighted by molar-refractivity contribution is 6.19. The van der Waals surface area contributed by atoms with Crippen LogP contribution in [-0.4, -0.2) is 34.7 Å². The predicted octanol–water partition coefficient (Wildman–Crippen LogP) is 4.01. The third-order valence-electron chi connectivity index (χ3n) is 5.52. The first kappa shape index (κ1) is 24.8. The number of carbonyl (C=O) groups is 2. The molecule has 0 fully saturated rings. The molecule has 2 aromatic carbocycles. The van der Waals surface area contributed by atoms with Crippen molar-refractivity contribution in [2.75, 3.05) is 10.6 Å². The Morgan fingerprint density at radius 3 is 2.19 bits per heavy atom. The van der Waals surface area contributed by atoms with Crippen LogP contribution in [0.4, 0.5) is 28.9 Å². The number of amides is 2. The van der Waals surface area contributed by atoms with Gasteiger partial charge in [0.1, 0.15) is 11.7 Å². The molecule has 3 N–H and O–H groups in total. The minimum Gasteiger partial charge on any atom is -0.368 e. The van der Waals surface area contributed by atoms with Crippen LogP contribution in [-0.2, 0) is 9.59 Å². The molecule has 1 unspecified atom stereocenters. The Balaban J connectivity index is 1.68. The molecule has 3 aromatic rings. The van der Waals surface area contributed by atoms with E-state index in [4.69, 9.17) is 0 Å². The van der Waals surface area contributed by atoms with Gasteiger partial charge in [0.15, 0.2) is 0 Å². The number of nitrogens with zero attached hydrogens (tertiary/aromatic N) is 2. The Kier molecular flexibility index (Phi) is 7.00. The molecule has 0 aliphatic carbocycles. The lowest BCUT2D eigenvalue weighted by molar-refractivity contribution is -0.127. The second-order valence-electron chi connectivity index (χ2n) is 8.35. The van der Waals surface area contributed by atoms with Gasteiger partial charge < -0.3 is 16.0 Å². The second-order valence-corrected chi connectivity index (χ2v) is 8.35. The van der Waals surface area contributed by atoms with Crippen molar-refractivity contribution in [2.24, 2.45) is 10.9 Å². The molecule has 0 spiro atoms. The summed E-state index contributed by atoms with van der Waals surface area (Å²) in [6, 6.07) is 14.6. The molecule has 2 heterocycles. The molecular formula is C25H21F4N5O2. The van der Waals surface area contributed by atoms with E-state index < -0.39 is 59.2 Å². The zero-order valence-electron chi connectivity index (χ0n) is 19.2. The van der Waals surface area contributed by atoms with Crippen LogP contribution in [0.2, 0.25) is 0 Å². The summed E-state index contributed by atoms with van der Waals surface area (Å²) >= 11 is 0. The van der Waals surface area contributed by atoms with Gasteiger partial charge in [-0.15, -0.1) is 0 Å². The Morgan fingerprint density at radius 2 is 1.56 bits per heavy atom. The smallest absolute Gasteiger partial charge is 0.269 e. The van der Waals surface area contributed by atoms with Crippen molar-refractivity contribution in [3.8, 4) is 0 Å². The largest absolute Gasteiger partial charge is 0.368 e. The van der Waals surface area contributed by atoms with Crippen LogP contribution in [0, 0.1) is 29.4 Å². The van der Waals surface area contributed by atoms with Crippen LogP contribution in [0.15, 0.2) is 59.6 Å². The average Bonchev–Trinajstić information content (AvgIpc) is 2.99. The highest BCUT2D eigenvalue weighted by Crippen LogP contribution is 2.26. The van der Waals surface area contributed by atoms with Crippen LogP contribution in [0.5, 0.6) is 0 Å². The first-order chi connectivity index (χ1) is 17.2. The van der Waals surface area contributed by atoms with Gasteiger partial charge in [-0.1, -0.05) is 62.4 Å². The van der Waals surface area contributed by atoms with E-state index in [0.717, 1.165) is 0 Å². The van der Waals surface area contributed by atoms with Gasteiger partial charge >= 0.3 is 0 Å². The molecule has 1 aliphatic heterocycles. The number of carbonyl (C=O) groups excluding carboxylic acids is 2. The van der Waals surface area contributed by atoms with Crippen LogP contribution < -0.4 is 16.0 Å². The summed E-state index contributed by atoms with van der Waals surface area (Å²) in [4.78, 5) is 33.1. The Morgan fingerprint density at radius 1 is 0.944 bits per heavy atom. The molecule has 11 heteroatoms. The number of fused-ring (bicyclic) bond motifs is 1. The van der Waals surface area contributed by atoms with E-state index >= 15 is 0 Å². The van der Waals surface area contributed by atoms with Gasteiger partial charge in [0.25, 0.3) is 17.8 Å². The van der Waals surface area contributed by atoms with Crippen molar-refractivity contribution in [1.82, 2.24) is 10.3 Å².